The minimum Gasteiger partial charge on any atom is -0.341 e. The van der Waals surface area contributed by atoms with Gasteiger partial charge in [-0.15, -0.1) is 11.6 Å². The number of halogens is 3. The van der Waals surface area contributed by atoms with Crippen molar-refractivity contribution in [1.82, 2.24) is 9.97 Å². The SMILES string of the molecule is Fc1ccc(-c2ncc(CCl)[nH]2)cc1Cl. The van der Waals surface area contributed by atoms with E-state index in [-0.39, 0.29) is 5.02 Å². The van der Waals surface area contributed by atoms with Gasteiger partial charge in [-0.1, -0.05) is 11.6 Å². The van der Waals surface area contributed by atoms with Gasteiger partial charge in [-0.05, 0) is 18.2 Å². The van der Waals surface area contributed by atoms with E-state index in [1.54, 1.807) is 12.3 Å². The van der Waals surface area contributed by atoms with Crippen LogP contribution < -0.4 is 0 Å². The number of alkyl halides is 1. The zero-order valence-corrected chi connectivity index (χ0v) is 9.11. The Kier molecular flexibility index (Phi) is 2.93. The van der Waals surface area contributed by atoms with E-state index in [1.807, 2.05) is 0 Å². The number of H-pyrrole nitrogens is 1. The van der Waals surface area contributed by atoms with E-state index in [4.69, 9.17) is 23.2 Å². The van der Waals surface area contributed by atoms with Crippen LogP contribution in [-0.4, -0.2) is 9.97 Å². The van der Waals surface area contributed by atoms with E-state index in [0.717, 1.165) is 11.3 Å². The maximum atomic E-state index is 12.9. The predicted octanol–water partition coefficient (Wildman–Crippen LogP) is 3.61. The van der Waals surface area contributed by atoms with Gasteiger partial charge in [-0.3, -0.25) is 0 Å². The Morgan fingerprint density at radius 1 is 1.40 bits per heavy atom. The van der Waals surface area contributed by atoms with Gasteiger partial charge >= 0.3 is 0 Å². The van der Waals surface area contributed by atoms with Gasteiger partial charge in [-0.25, -0.2) is 9.37 Å². The van der Waals surface area contributed by atoms with Crippen molar-refractivity contribution in [2.24, 2.45) is 0 Å². The molecular formula is C10H7Cl2FN2. The van der Waals surface area contributed by atoms with Crippen molar-refractivity contribution < 1.29 is 4.39 Å². The summed E-state index contributed by atoms with van der Waals surface area (Å²) in [5.41, 5.74) is 1.55. The molecule has 0 fully saturated rings. The van der Waals surface area contributed by atoms with Crippen LogP contribution in [0.1, 0.15) is 5.69 Å². The Balaban J connectivity index is 2.40. The first-order valence-electron chi connectivity index (χ1n) is 4.26. The fraction of sp³-hybridized carbons (Fsp3) is 0.100. The minimum absolute atomic E-state index is 0.0799. The normalized spacial score (nSPS) is 10.6. The van der Waals surface area contributed by atoms with Gasteiger partial charge in [0.15, 0.2) is 0 Å². The lowest BCUT2D eigenvalue weighted by Gasteiger charge is -1.98. The first-order valence-corrected chi connectivity index (χ1v) is 5.17. The summed E-state index contributed by atoms with van der Waals surface area (Å²) in [6, 6.07) is 4.44. The van der Waals surface area contributed by atoms with Crippen LogP contribution in [0.2, 0.25) is 5.02 Å². The van der Waals surface area contributed by atoms with Gasteiger partial charge in [0, 0.05) is 17.5 Å². The lowest BCUT2D eigenvalue weighted by atomic mass is 10.2. The summed E-state index contributed by atoms with van der Waals surface area (Å²) in [6.45, 7) is 0. The van der Waals surface area contributed by atoms with Crippen molar-refractivity contribution >= 4 is 23.2 Å². The summed E-state index contributed by atoms with van der Waals surface area (Å²) < 4.78 is 12.9. The summed E-state index contributed by atoms with van der Waals surface area (Å²) in [4.78, 5) is 7.11. The number of hydrogen-bond acceptors (Lipinski definition) is 1. The molecule has 0 unspecified atom stereocenters. The van der Waals surface area contributed by atoms with Crippen molar-refractivity contribution in [2.45, 2.75) is 5.88 Å². The summed E-state index contributed by atoms with van der Waals surface area (Å²) in [5, 5.41) is 0.0799. The van der Waals surface area contributed by atoms with Gasteiger partial charge in [-0.2, -0.15) is 0 Å². The summed E-state index contributed by atoms with van der Waals surface area (Å²) in [7, 11) is 0. The standard InChI is InChI=1S/C10H7Cl2FN2/c11-4-7-5-14-10(15-7)6-1-2-9(13)8(12)3-6/h1-3,5H,4H2,(H,14,15). The van der Waals surface area contributed by atoms with Crippen LogP contribution in [0.3, 0.4) is 0 Å². The number of rotatable bonds is 2. The van der Waals surface area contributed by atoms with E-state index < -0.39 is 5.82 Å². The third-order valence-electron chi connectivity index (χ3n) is 1.97. The third-order valence-corrected chi connectivity index (χ3v) is 2.54. The topological polar surface area (TPSA) is 28.7 Å². The number of hydrogen-bond donors (Lipinski definition) is 1. The molecule has 15 heavy (non-hydrogen) atoms. The number of aromatic amines is 1. The molecule has 1 aromatic carbocycles. The molecule has 0 radical (unpaired) electrons. The second kappa shape index (κ2) is 4.21. The van der Waals surface area contributed by atoms with E-state index in [0.29, 0.717) is 11.7 Å². The van der Waals surface area contributed by atoms with Crippen LogP contribution in [-0.2, 0) is 5.88 Å². The average Bonchev–Trinajstić information content (AvgIpc) is 2.70. The third kappa shape index (κ3) is 2.13. The second-order valence-corrected chi connectivity index (χ2v) is 3.69. The predicted molar refractivity (Wildman–Crippen MR) is 58.5 cm³/mol. The van der Waals surface area contributed by atoms with E-state index >= 15 is 0 Å². The summed E-state index contributed by atoms with van der Waals surface area (Å²) in [5.74, 6) is 0.555. The molecule has 0 bridgehead atoms. The zero-order valence-electron chi connectivity index (χ0n) is 7.60. The van der Waals surface area contributed by atoms with Crippen LogP contribution in [0.5, 0.6) is 0 Å². The number of aromatic nitrogens is 2. The quantitative estimate of drug-likeness (QED) is 0.804. The van der Waals surface area contributed by atoms with Crippen LogP contribution in [0.4, 0.5) is 4.39 Å². The Hall–Kier alpha value is -1.06. The monoisotopic (exact) mass is 244 g/mol. The van der Waals surface area contributed by atoms with Crippen LogP contribution in [0.25, 0.3) is 11.4 Å². The molecule has 0 saturated carbocycles. The number of benzene rings is 1. The Labute approximate surface area is 96.1 Å². The van der Waals surface area contributed by atoms with Crippen LogP contribution in [0.15, 0.2) is 24.4 Å². The number of imidazole rings is 1. The van der Waals surface area contributed by atoms with Gasteiger partial charge in [0.1, 0.15) is 11.6 Å². The van der Waals surface area contributed by atoms with Crippen molar-refractivity contribution in [1.29, 1.82) is 0 Å². The highest BCUT2D eigenvalue weighted by Crippen LogP contribution is 2.22. The average molecular weight is 245 g/mol. The molecule has 2 nitrogen and oxygen atoms in total. The number of nitrogens with zero attached hydrogens (tertiary/aromatic N) is 1. The molecule has 0 aliphatic heterocycles. The molecule has 1 aromatic heterocycles. The largest absolute Gasteiger partial charge is 0.341 e. The van der Waals surface area contributed by atoms with Gasteiger partial charge < -0.3 is 4.98 Å². The van der Waals surface area contributed by atoms with Crippen molar-refractivity contribution in [2.75, 3.05) is 0 Å². The van der Waals surface area contributed by atoms with Crippen molar-refractivity contribution in [3.63, 3.8) is 0 Å². The highest BCUT2D eigenvalue weighted by atomic mass is 35.5. The maximum absolute atomic E-state index is 12.9. The van der Waals surface area contributed by atoms with Crippen LogP contribution >= 0.6 is 23.2 Å². The van der Waals surface area contributed by atoms with Gasteiger partial charge in [0.25, 0.3) is 0 Å². The lowest BCUT2D eigenvalue weighted by Crippen LogP contribution is -1.83. The van der Waals surface area contributed by atoms with Crippen molar-refractivity contribution in [3.8, 4) is 11.4 Å². The van der Waals surface area contributed by atoms with Gasteiger partial charge in [0.05, 0.1) is 10.9 Å². The molecule has 1 heterocycles. The molecule has 1 N–H and O–H groups in total. The molecular weight excluding hydrogens is 238 g/mol. The Bertz CT molecular complexity index is 482. The minimum atomic E-state index is -0.440. The van der Waals surface area contributed by atoms with Crippen LogP contribution in [0, 0.1) is 5.82 Å². The molecule has 78 valence electrons. The number of nitrogens with one attached hydrogen (secondary N) is 1. The van der Waals surface area contributed by atoms with E-state index in [2.05, 4.69) is 9.97 Å². The maximum Gasteiger partial charge on any atom is 0.141 e. The molecule has 2 aromatic rings. The summed E-state index contributed by atoms with van der Waals surface area (Å²) >= 11 is 11.3. The molecule has 2 rings (SSSR count). The fourth-order valence-electron chi connectivity index (χ4n) is 1.22. The molecule has 0 saturated heterocycles. The van der Waals surface area contributed by atoms with Gasteiger partial charge in [0.2, 0.25) is 0 Å². The highest BCUT2D eigenvalue weighted by Gasteiger charge is 2.06. The molecule has 0 spiro atoms. The molecule has 0 atom stereocenters. The Morgan fingerprint density at radius 3 is 2.80 bits per heavy atom. The molecule has 5 heteroatoms. The molecule has 0 amide bonds. The van der Waals surface area contributed by atoms with E-state index in [1.165, 1.54) is 12.1 Å². The first-order chi connectivity index (χ1) is 7.20. The second-order valence-electron chi connectivity index (χ2n) is 3.02. The molecule has 0 aliphatic rings. The zero-order chi connectivity index (χ0) is 10.8. The Morgan fingerprint density at radius 2 is 2.20 bits per heavy atom. The first kappa shape index (κ1) is 10.5. The van der Waals surface area contributed by atoms with E-state index in [9.17, 15) is 4.39 Å². The lowest BCUT2D eigenvalue weighted by molar-refractivity contribution is 0.628. The highest BCUT2D eigenvalue weighted by molar-refractivity contribution is 6.31. The smallest absolute Gasteiger partial charge is 0.141 e. The van der Waals surface area contributed by atoms with Crippen molar-refractivity contribution in [3.05, 3.63) is 40.9 Å². The summed E-state index contributed by atoms with van der Waals surface area (Å²) in [6.07, 6.45) is 1.64. The fourth-order valence-corrected chi connectivity index (χ4v) is 1.53. The molecule has 0 aliphatic carbocycles.